The number of rotatable bonds is 6. The molecule has 1 aliphatic carbocycles. The molecule has 1 saturated carbocycles. The number of halogens is 4. The lowest BCUT2D eigenvalue weighted by atomic mass is 9.85. The van der Waals surface area contributed by atoms with Gasteiger partial charge in [0.05, 0.1) is 11.1 Å². The van der Waals surface area contributed by atoms with Crippen molar-refractivity contribution in [3.8, 4) is 0 Å². The molecule has 1 N–H and O–H groups in total. The van der Waals surface area contributed by atoms with Crippen LogP contribution in [-0.4, -0.2) is 76.7 Å². The van der Waals surface area contributed by atoms with Crippen LogP contribution in [0, 0.1) is 17.7 Å². The maximum Gasteiger partial charge on any atom is 0.416 e. The third kappa shape index (κ3) is 5.02. The van der Waals surface area contributed by atoms with E-state index < -0.39 is 52.4 Å². The van der Waals surface area contributed by atoms with Crippen molar-refractivity contribution in [2.24, 2.45) is 11.8 Å². The van der Waals surface area contributed by atoms with E-state index in [4.69, 9.17) is 0 Å². The largest absolute Gasteiger partial charge is 0.416 e. The van der Waals surface area contributed by atoms with Gasteiger partial charge in [0.25, 0.3) is 11.8 Å². The van der Waals surface area contributed by atoms with Gasteiger partial charge in [-0.2, -0.15) is 13.2 Å². The molecule has 1 spiro atoms. The van der Waals surface area contributed by atoms with Crippen molar-refractivity contribution in [1.82, 2.24) is 20.0 Å². The van der Waals surface area contributed by atoms with Gasteiger partial charge in [-0.3, -0.25) is 19.3 Å². The number of urea groups is 1. The van der Waals surface area contributed by atoms with E-state index in [2.05, 4.69) is 5.32 Å². The topological polar surface area (TPSA) is 90.0 Å². The van der Waals surface area contributed by atoms with Crippen LogP contribution in [0.3, 0.4) is 0 Å². The van der Waals surface area contributed by atoms with Crippen molar-refractivity contribution in [3.05, 3.63) is 35.1 Å². The first-order valence-electron chi connectivity index (χ1n) is 12.3. The quantitative estimate of drug-likeness (QED) is 0.455. The number of carbonyl (C=O) groups is 4. The van der Waals surface area contributed by atoms with Gasteiger partial charge >= 0.3 is 12.2 Å². The van der Waals surface area contributed by atoms with Gasteiger partial charge in [-0.05, 0) is 55.7 Å². The molecular formula is C25H30F4N4O4. The fraction of sp³-hybridized carbons (Fsp3) is 0.600. The Labute approximate surface area is 211 Å². The number of benzene rings is 1. The van der Waals surface area contributed by atoms with Crippen LogP contribution in [-0.2, 0) is 15.8 Å². The molecule has 0 bridgehead atoms. The average Bonchev–Trinajstić information content (AvgIpc) is 3.65. The lowest BCUT2D eigenvalue weighted by Gasteiger charge is -2.43. The van der Waals surface area contributed by atoms with Crippen LogP contribution in [0.5, 0.6) is 0 Å². The van der Waals surface area contributed by atoms with Crippen molar-refractivity contribution in [3.63, 3.8) is 0 Å². The highest BCUT2D eigenvalue weighted by Gasteiger charge is 2.58. The predicted molar refractivity (Wildman–Crippen MR) is 124 cm³/mol. The summed E-state index contributed by atoms with van der Waals surface area (Å²) in [5.41, 5.74) is -2.99. The van der Waals surface area contributed by atoms with Gasteiger partial charge in [-0.1, -0.05) is 13.8 Å². The number of likely N-dealkylation sites (tertiary alicyclic amines) is 1. The molecule has 0 unspecified atom stereocenters. The molecule has 1 aromatic rings. The van der Waals surface area contributed by atoms with Crippen LogP contribution in [0.1, 0.15) is 55.5 Å². The van der Waals surface area contributed by atoms with Crippen LogP contribution < -0.4 is 5.32 Å². The van der Waals surface area contributed by atoms with Crippen LogP contribution in [0.2, 0.25) is 0 Å². The Hall–Kier alpha value is -3.18. The molecule has 2 saturated heterocycles. The molecule has 12 heteroatoms. The maximum absolute atomic E-state index is 14.2. The van der Waals surface area contributed by atoms with E-state index in [-0.39, 0.29) is 37.9 Å². The summed E-state index contributed by atoms with van der Waals surface area (Å²) in [4.78, 5) is 56.1. The number of likely N-dealkylation sites (N-methyl/N-ethyl adjacent to an activating group) is 1. The summed E-state index contributed by atoms with van der Waals surface area (Å²) >= 11 is 0. The first-order valence-corrected chi connectivity index (χ1v) is 12.3. The van der Waals surface area contributed by atoms with Crippen LogP contribution in [0.4, 0.5) is 22.4 Å². The minimum atomic E-state index is -4.76. The van der Waals surface area contributed by atoms with Gasteiger partial charge in [-0.25, -0.2) is 9.18 Å². The summed E-state index contributed by atoms with van der Waals surface area (Å²) in [6.45, 7) is 4.12. The van der Waals surface area contributed by atoms with E-state index in [0.29, 0.717) is 30.7 Å². The number of carbonyl (C=O) groups excluding carboxylic acids is 4. The molecule has 5 amide bonds. The molecule has 3 aliphatic rings. The zero-order valence-electron chi connectivity index (χ0n) is 20.9. The number of nitrogens with one attached hydrogen (secondary N) is 1. The maximum atomic E-state index is 14.2. The van der Waals surface area contributed by atoms with E-state index in [1.165, 1.54) is 11.9 Å². The second-order valence-electron chi connectivity index (χ2n) is 10.4. The van der Waals surface area contributed by atoms with Crippen LogP contribution in [0.15, 0.2) is 18.2 Å². The zero-order chi connectivity index (χ0) is 27.3. The number of alkyl halides is 3. The summed E-state index contributed by atoms with van der Waals surface area (Å²) in [7, 11) is 1.45. The predicted octanol–water partition coefficient (Wildman–Crippen LogP) is 3.26. The minimum Gasteiger partial charge on any atom is -0.341 e. The molecule has 37 heavy (non-hydrogen) atoms. The van der Waals surface area contributed by atoms with Crippen LogP contribution >= 0.6 is 0 Å². The smallest absolute Gasteiger partial charge is 0.341 e. The van der Waals surface area contributed by atoms with Gasteiger partial charge in [0.15, 0.2) is 0 Å². The molecule has 1 aromatic carbocycles. The van der Waals surface area contributed by atoms with Gasteiger partial charge in [0, 0.05) is 26.7 Å². The van der Waals surface area contributed by atoms with Gasteiger partial charge in [-0.15, -0.1) is 0 Å². The van der Waals surface area contributed by atoms with Crippen molar-refractivity contribution >= 4 is 23.8 Å². The number of piperidine rings is 1. The standard InChI is InChI=1S/C25H30F4N4O4/c1-14(2)19(30-20(34)17-12-16(25(27,28)29)6-7-18(17)26)21(35)32-10-8-24(9-11-32)22(36)31(3)23(37)33(24)13-15-4-5-15/h6-7,12,14-15,19H,4-5,8-11,13H2,1-3H3,(H,30,34)/t19-/m1/s1. The summed E-state index contributed by atoms with van der Waals surface area (Å²) in [5.74, 6) is -3.11. The van der Waals surface area contributed by atoms with Crippen molar-refractivity contribution < 1.29 is 36.7 Å². The van der Waals surface area contributed by atoms with E-state index in [1.54, 1.807) is 18.7 Å². The Morgan fingerprint density at radius 3 is 2.30 bits per heavy atom. The molecule has 2 aliphatic heterocycles. The summed E-state index contributed by atoms with van der Waals surface area (Å²) in [6, 6.07) is 0.0666. The molecule has 8 nitrogen and oxygen atoms in total. The summed E-state index contributed by atoms with van der Waals surface area (Å²) in [6.07, 6.45) is -2.28. The fourth-order valence-corrected chi connectivity index (χ4v) is 5.08. The molecule has 1 atom stereocenters. The minimum absolute atomic E-state index is 0.157. The van der Waals surface area contributed by atoms with Crippen molar-refractivity contribution in [2.75, 3.05) is 26.7 Å². The Morgan fingerprint density at radius 2 is 1.76 bits per heavy atom. The normalized spacial score (nSPS) is 20.7. The molecule has 0 radical (unpaired) electrons. The molecular weight excluding hydrogens is 496 g/mol. The van der Waals surface area contributed by atoms with E-state index in [0.717, 1.165) is 17.7 Å². The highest BCUT2D eigenvalue weighted by molar-refractivity contribution is 6.07. The molecule has 0 aromatic heterocycles. The lowest BCUT2D eigenvalue weighted by Crippen LogP contribution is -2.60. The Morgan fingerprint density at radius 1 is 1.14 bits per heavy atom. The van der Waals surface area contributed by atoms with Crippen LogP contribution in [0.25, 0.3) is 0 Å². The Kier molecular flexibility index (Phi) is 6.98. The van der Waals surface area contributed by atoms with Crippen molar-refractivity contribution in [2.45, 2.75) is 57.3 Å². The molecule has 202 valence electrons. The zero-order valence-corrected chi connectivity index (χ0v) is 20.9. The summed E-state index contributed by atoms with van der Waals surface area (Å²) < 4.78 is 53.4. The van der Waals surface area contributed by atoms with E-state index in [1.807, 2.05) is 0 Å². The highest BCUT2D eigenvalue weighted by atomic mass is 19.4. The number of nitrogens with zero attached hydrogens (tertiary/aromatic N) is 3. The van der Waals surface area contributed by atoms with Gasteiger partial charge in [0.2, 0.25) is 5.91 Å². The second kappa shape index (κ2) is 9.60. The number of hydrogen-bond donors (Lipinski definition) is 1. The molecule has 4 rings (SSSR count). The third-order valence-electron chi connectivity index (χ3n) is 7.53. The molecule has 2 heterocycles. The highest BCUT2D eigenvalue weighted by Crippen LogP contribution is 2.41. The fourth-order valence-electron chi connectivity index (χ4n) is 5.08. The first kappa shape index (κ1) is 26.9. The number of imide groups is 1. The first-order chi connectivity index (χ1) is 17.3. The SMILES string of the molecule is CC(C)[C@@H](NC(=O)c1cc(C(F)(F)F)ccc1F)C(=O)N1CCC2(CC1)C(=O)N(C)C(=O)N2CC1CC1. The average molecular weight is 527 g/mol. The van der Waals surface area contributed by atoms with E-state index >= 15 is 0 Å². The Balaban J connectivity index is 1.47. The Bertz CT molecular complexity index is 1110. The third-order valence-corrected chi connectivity index (χ3v) is 7.53. The lowest BCUT2D eigenvalue weighted by molar-refractivity contribution is -0.142. The van der Waals surface area contributed by atoms with E-state index in [9.17, 15) is 36.7 Å². The second-order valence-corrected chi connectivity index (χ2v) is 10.4. The van der Waals surface area contributed by atoms with Crippen molar-refractivity contribution in [1.29, 1.82) is 0 Å². The molecule has 3 fully saturated rings. The summed E-state index contributed by atoms with van der Waals surface area (Å²) in [5, 5.41) is 2.40. The number of hydrogen-bond acceptors (Lipinski definition) is 4. The van der Waals surface area contributed by atoms with Gasteiger partial charge in [0.1, 0.15) is 17.4 Å². The van der Waals surface area contributed by atoms with Gasteiger partial charge < -0.3 is 15.1 Å². The number of amides is 5. The monoisotopic (exact) mass is 526 g/mol.